The van der Waals surface area contributed by atoms with E-state index in [1.807, 2.05) is 11.7 Å². The van der Waals surface area contributed by atoms with Gasteiger partial charge in [0.1, 0.15) is 5.82 Å². The van der Waals surface area contributed by atoms with Crippen LogP contribution in [0.4, 0.5) is 5.82 Å². The Morgan fingerprint density at radius 2 is 2.40 bits per heavy atom. The van der Waals surface area contributed by atoms with Crippen LogP contribution in [-0.4, -0.2) is 9.78 Å². The maximum absolute atomic E-state index is 5.62. The molecule has 0 spiro atoms. The molecule has 0 unspecified atom stereocenters. The number of anilines is 1. The van der Waals surface area contributed by atoms with Crippen LogP contribution in [0.1, 0.15) is 11.3 Å². The first-order chi connectivity index (χ1) is 4.79. The largest absolute Gasteiger partial charge is 0.382 e. The van der Waals surface area contributed by atoms with Crippen LogP contribution >= 0.6 is 0 Å². The molecule has 1 aromatic rings. The predicted molar refractivity (Wildman–Crippen MR) is 38.2 cm³/mol. The summed E-state index contributed by atoms with van der Waals surface area (Å²) in [6, 6.07) is 0. The second-order valence-corrected chi connectivity index (χ2v) is 2.54. The monoisotopic (exact) mass is 138 g/mol. The van der Waals surface area contributed by atoms with Crippen molar-refractivity contribution in [3.8, 4) is 0 Å². The standard InChI is InChI=1S/C6H10N4/c1-10-5-3-8-2-4(5)6(7)9-10/h8H,2-3H2,1H3,(H2,7,9). The second-order valence-electron chi connectivity index (χ2n) is 2.54. The van der Waals surface area contributed by atoms with Gasteiger partial charge in [0.2, 0.25) is 0 Å². The Morgan fingerprint density at radius 3 is 3.10 bits per heavy atom. The summed E-state index contributed by atoms with van der Waals surface area (Å²) in [6.45, 7) is 1.77. The fraction of sp³-hybridized carbons (Fsp3) is 0.500. The van der Waals surface area contributed by atoms with Crippen molar-refractivity contribution in [2.24, 2.45) is 7.05 Å². The molecule has 3 N–H and O–H groups in total. The summed E-state index contributed by atoms with van der Waals surface area (Å²) in [5.41, 5.74) is 8.01. The first-order valence-corrected chi connectivity index (χ1v) is 3.30. The molecule has 0 saturated heterocycles. The number of rotatable bonds is 0. The van der Waals surface area contributed by atoms with Crippen molar-refractivity contribution < 1.29 is 0 Å². The molecule has 4 heteroatoms. The first kappa shape index (κ1) is 5.73. The van der Waals surface area contributed by atoms with Crippen LogP contribution in [0.25, 0.3) is 0 Å². The minimum Gasteiger partial charge on any atom is -0.382 e. The number of aromatic nitrogens is 2. The molecule has 0 bridgehead atoms. The molecule has 4 nitrogen and oxygen atoms in total. The Kier molecular flexibility index (Phi) is 0.990. The van der Waals surface area contributed by atoms with E-state index in [-0.39, 0.29) is 0 Å². The Hall–Kier alpha value is -1.03. The number of nitrogens with zero attached hydrogens (tertiary/aromatic N) is 2. The van der Waals surface area contributed by atoms with Crippen molar-refractivity contribution in [2.75, 3.05) is 5.73 Å². The maximum Gasteiger partial charge on any atom is 0.150 e. The maximum atomic E-state index is 5.62. The normalized spacial score (nSPS) is 15.7. The summed E-state index contributed by atoms with van der Waals surface area (Å²) in [5.74, 6) is 0.669. The summed E-state index contributed by atoms with van der Waals surface area (Å²) in [6.07, 6.45) is 0. The summed E-state index contributed by atoms with van der Waals surface area (Å²) >= 11 is 0. The second kappa shape index (κ2) is 1.73. The van der Waals surface area contributed by atoms with E-state index in [9.17, 15) is 0 Å². The number of nitrogen functional groups attached to an aromatic ring is 1. The van der Waals surface area contributed by atoms with Gasteiger partial charge in [-0.05, 0) is 0 Å². The molecule has 54 valence electrons. The molecule has 1 aliphatic rings. The molecule has 0 aliphatic carbocycles. The van der Waals surface area contributed by atoms with E-state index < -0.39 is 0 Å². The van der Waals surface area contributed by atoms with E-state index in [1.54, 1.807) is 0 Å². The number of fused-ring (bicyclic) bond motifs is 1. The lowest BCUT2D eigenvalue weighted by atomic mass is 10.3. The molecule has 1 aliphatic heterocycles. The van der Waals surface area contributed by atoms with Gasteiger partial charge >= 0.3 is 0 Å². The topological polar surface area (TPSA) is 55.9 Å². The Morgan fingerprint density at radius 1 is 1.60 bits per heavy atom. The molecular weight excluding hydrogens is 128 g/mol. The van der Waals surface area contributed by atoms with Gasteiger partial charge in [-0.25, -0.2) is 0 Å². The van der Waals surface area contributed by atoms with Gasteiger partial charge < -0.3 is 11.1 Å². The van der Waals surface area contributed by atoms with E-state index in [4.69, 9.17) is 5.73 Å². The fourth-order valence-corrected chi connectivity index (χ4v) is 1.35. The Labute approximate surface area is 59.0 Å². The molecule has 0 saturated carbocycles. The Bertz CT molecular complexity index is 238. The van der Waals surface area contributed by atoms with Crippen LogP contribution in [0.2, 0.25) is 0 Å². The molecular formula is C6H10N4. The van der Waals surface area contributed by atoms with Gasteiger partial charge in [0.05, 0.1) is 5.69 Å². The quantitative estimate of drug-likeness (QED) is 0.513. The van der Waals surface area contributed by atoms with Crippen molar-refractivity contribution in [1.82, 2.24) is 15.1 Å². The molecule has 0 fully saturated rings. The summed E-state index contributed by atoms with van der Waals surface area (Å²) in [4.78, 5) is 0. The minimum atomic E-state index is 0.669. The van der Waals surface area contributed by atoms with Crippen molar-refractivity contribution >= 4 is 5.82 Å². The van der Waals surface area contributed by atoms with E-state index in [1.165, 1.54) is 11.3 Å². The molecule has 2 heterocycles. The lowest BCUT2D eigenvalue weighted by Crippen LogP contribution is -2.06. The van der Waals surface area contributed by atoms with Crippen LogP contribution in [0, 0.1) is 0 Å². The summed E-state index contributed by atoms with van der Waals surface area (Å²) in [7, 11) is 1.92. The van der Waals surface area contributed by atoms with Crippen molar-refractivity contribution in [2.45, 2.75) is 13.1 Å². The van der Waals surface area contributed by atoms with Crippen LogP contribution < -0.4 is 11.1 Å². The lowest BCUT2D eigenvalue weighted by Gasteiger charge is -1.93. The van der Waals surface area contributed by atoms with Crippen LogP contribution in [0.15, 0.2) is 0 Å². The van der Waals surface area contributed by atoms with Gasteiger partial charge in [0, 0.05) is 25.7 Å². The Balaban J connectivity index is 2.61. The highest BCUT2D eigenvalue weighted by Crippen LogP contribution is 2.19. The van der Waals surface area contributed by atoms with Gasteiger partial charge in [-0.1, -0.05) is 0 Å². The van der Waals surface area contributed by atoms with Crippen LogP contribution in [-0.2, 0) is 20.1 Å². The molecule has 2 rings (SSSR count). The minimum absolute atomic E-state index is 0.669. The van der Waals surface area contributed by atoms with Crippen LogP contribution in [0.3, 0.4) is 0 Å². The number of hydrogen-bond acceptors (Lipinski definition) is 3. The van der Waals surface area contributed by atoms with E-state index >= 15 is 0 Å². The van der Waals surface area contributed by atoms with Crippen molar-refractivity contribution in [3.63, 3.8) is 0 Å². The third kappa shape index (κ3) is 0.565. The smallest absolute Gasteiger partial charge is 0.150 e. The molecule has 1 aromatic heterocycles. The zero-order chi connectivity index (χ0) is 7.14. The average Bonchev–Trinajstić information content (AvgIpc) is 2.39. The number of nitrogens with one attached hydrogen (secondary N) is 1. The third-order valence-electron chi connectivity index (χ3n) is 1.90. The van der Waals surface area contributed by atoms with Crippen LogP contribution in [0.5, 0.6) is 0 Å². The van der Waals surface area contributed by atoms with E-state index in [0.29, 0.717) is 5.82 Å². The summed E-state index contributed by atoms with van der Waals surface area (Å²) in [5, 5.41) is 7.30. The zero-order valence-corrected chi connectivity index (χ0v) is 5.89. The average molecular weight is 138 g/mol. The van der Waals surface area contributed by atoms with Gasteiger partial charge in [-0.3, -0.25) is 4.68 Å². The molecule has 0 radical (unpaired) electrons. The first-order valence-electron chi connectivity index (χ1n) is 3.30. The zero-order valence-electron chi connectivity index (χ0n) is 5.89. The lowest BCUT2D eigenvalue weighted by molar-refractivity contribution is 0.672. The SMILES string of the molecule is Cn1nc(N)c2c1CNC2. The molecule has 0 aromatic carbocycles. The van der Waals surface area contributed by atoms with Gasteiger partial charge in [-0.2, -0.15) is 5.10 Å². The van der Waals surface area contributed by atoms with Gasteiger partial charge in [0.15, 0.2) is 0 Å². The van der Waals surface area contributed by atoms with Crippen molar-refractivity contribution in [3.05, 3.63) is 11.3 Å². The third-order valence-corrected chi connectivity index (χ3v) is 1.90. The highest BCUT2D eigenvalue weighted by molar-refractivity contribution is 5.44. The number of hydrogen-bond donors (Lipinski definition) is 2. The molecule has 0 atom stereocenters. The summed E-state index contributed by atoms with van der Waals surface area (Å²) < 4.78 is 1.84. The number of nitrogens with two attached hydrogens (primary N) is 1. The highest BCUT2D eigenvalue weighted by atomic mass is 15.3. The van der Waals surface area contributed by atoms with Gasteiger partial charge in [0.25, 0.3) is 0 Å². The van der Waals surface area contributed by atoms with E-state index in [0.717, 1.165) is 13.1 Å². The highest BCUT2D eigenvalue weighted by Gasteiger charge is 2.17. The molecule has 10 heavy (non-hydrogen) atoms. The van der Waals surface area contributed by atoms with E-state index in [2.05, 4.69) is 10.4 Å². The molecule has 0 amide bonds. The number of aryl methyl sites for hydroxylation is 1. The van der Waals surface area contributed by atoms with Gasteiger partial charge in [-0.15, -0.1) is 0 Å². The predicted octanol–water partition coefficient (Wildman–Crippen LogP) is -0.395. The van der Waals surface area contributed by atoms with Crippen molar-refractivity contribution in [1.29, 1.82) is 0 Å². The fourth-order valence-electron chi connectivity index (χ4n) is 1.35.